The third-order valence-corrected chi connectivity index (χ3v) is 5.59. The fraction of sp³-hybridized carbons (Fsp3) is 0.867. The molecule has 0 aromatic rings. The summed E-state index contributed by atoms with van der Waals surface area (Å²) in [7, 11) is 0. The molecule has 0 aromatic heterocycles. The van der Waals surface area contributed by atoms with Crippen LogP contribution in [-0.4, -0.2) is 53.1 Å². The van der Waals surface area contributed by atoms with Crippen molar-refractivity contribution in [3.63, 3.8) is 0 Å². The van der Waals surface area contributed by atoms with Crippen molar-refractivity contribution in [1.29, 1.82) is 0 Å². The number of amides is 1. The first kappa shape index (κ1) is 19.9. The molecule has 1 spiro atoms. The second kappa shape index (κ2) is 6.07. The normalized spacial score (nSPS) is 26.5. The molecule has 2 saturated carbocycles. The van der Waals surface area contributed by atoms with Gasteiger partial charge < -0.3 is 15.7 Å². The van der Waals surface area contributed by atoms with E-state index in [0.717, 1.165) is 26.2 Å². The number of nitrogens with two attached hydrogens (primary N) is 1. The Bertz CT molecular complexity index is 550. The van der Waals surface area contributed by atoms with Gasteiger partial charge >= 0.3 is 12.1 Å². The maximum absolute atomic E-state index is 13.6. The molecule has 0 aromatic carbocycles. The van der Waals surface area contributed by atoms with Gasteiger partial charge in [0, 0.05) is 31.5 Å². The molecule has 10 heteroatoms. The lowest BCUT2D eigenvalue weighted by atomic mass is 9.66. The quantitative estimate of drug-likeness (QED) is 0.729. The fourth-order valence-corrected chi connectivity index (χ4v) is 3.58. The van der Waals surface area contributed by atoms with Crippen LogP contribution in [0.4, 0.5) is 22.0 Å². The van der Waals surface area contributed by atoms with Crippen LogP contribution in [0.3, 0.4) is 0 Å². The van der Waals surface area contributed by atoms with Crippen molar-refractivity contribution in [3.8, 4) is 0 Å². The molecule has 1 heterocycles. The Kier molecular flexibility index (Phi) is 4.82. The number of likely N-dealkylation sites (tertiary alicyclic amines) is 1. The van der Waals surface area contributed by atoms with Gasteiger partial charge in [-0.1, -0.05) is 6.42 Å². The van der Waals surface area contributed by atoms with Crippen molar-refractivity contribution in [2.45, 2.75) is 57.2 Å². The van der Waals surface area contributed by atoms with E-state index in [1.165, 1.54) is 0 Å². The molecule has 0 bridgehead atoms. The average Bonchev–Trinajstić information content (AvgIpc) is 3.14. The molecule has 0 radical (unpaired) electrons. The van der Waals surface area contributed by atoms with E-state index in [1.54, 1.807) is 4.90 Å². The summed E-state index contributed by atoms with van der Waals surface area (Å²) >= 11 is 0. The Morgan fingerprint density at radius 2 is 1.60 bits per heavy atom. The van der Waals surface area contributed by atoms with E-state index in [9.17, 15) is 26.7 Å². The predicted octanol–water partition coefficient (Wildman–Crippen LogP) is 2.39. The summed E-state index contributed by atoms with van der Waals surface area (Å²) in [5.41, 5.74) is 4.72. The zero-order valence-corrected chi connectivity index (χ0v) is 13.7. The smallest absolute Gasteiger partial charge is 0.475 e. The molecule has 2 aliphatic carbocycles. The Balaban J connectivity index is 0.000000277. The number of carboxylic acids is 1. The summed E-state index contributed by atoms with van der Waals surface area (Å²) in [6.45, 7) is 1.91. The first-order valence-electron chi connectivity index (χ1n) is 7.98. The molecule has 144 valence electrons. The fourth-order valence-electron chi connectivity index (χ4n) is 3.58. The van der Waals surface area contributed by atoms with Crippen LogP contribution in [0.25, 0.3) is 0 Å². The average molecular weight is 372 g/mol. The zero-order valence-electron chi connectivity index (χ0n) is 13.7. The van der Waals surface area contributed by atoms with Crippen molar-refractivity contribution < 1.29 is 36.6 Å². The van der Waals surface area contributed by atoms with Gasteiger partial charge in [0.2, 0.25) is 5.91 Å². The van der Waals surface area contributed by atoms with Crippen molar-refractivity contribution >= 4 is 11.9 Å². The molecule has 1 saturated heterocycles. The SMILES string of the molecule is CC(F)(F)C1(C(=O)N2CC(N)C3(CCC3)C2)CC1.O=C(O)C(F)(F)F. The molecule has 1 amide bonds. The third kappa shape index (κ3) is 3.58. The minimum Gasteiger partial charge on any atom is -0.475 e. The van der Waals surface area contributed by atoms with E-state index < -0.39 is 23.5 Å². The van der Waals surface area contributed by atoms with E-state index in [4.69, 9.17) is 15.6 Å². The second-order valence-electron chi connectivity index (χ2n) is 7.28. The van der Waals surface area contributed by atoms with Crippen LogP contribution in [0.15, 0.2) is 0 Å². The van der Waals surface area contributed by atoms with Gasteiger partial charge in [-0.2, -0.15) is 13.2 Å². The summed E-state index contributed by atoms with van der Waals surface area (Å²) < 4.78 is 58.9. The molecule has 3 rings (SSSR count). The minimum atomic E-state index is -5.08. The number of carbonyl (C=O) groups is 2. The number of carbonyl (C=O) groups excluding carboxylic acids is 1. The lowest BCUT2D eigenvalue weighted by molar-refractivity contribution is -0.192. The van der Waals surface area contributed by atoms with E-state index in [2.05, 4.69) is 0 Å². The van der Waals surface area contributed by atoms with Gasteiger partial charge in [-0.3, -0.25) is 4.79 Å². The van der Waals surface area contributed by atoms with E-state index >= 15 is 0 Å². The highest BCUT2D eigenvalue weighted by Crippen LogP contribution is 2.59. The largest absolute Gasteiger partial charge is 0.490 e. The summed E-state index contributed by atoms with van der Waals surface area (Å²) in [4.78, 5) is 22.8. The van der Waals surface area contributed by atoms with Crippen LogP contribution in [-0.2, 0) is 9.59 Å². The molecule has 3 aliphatic rings. The number of alkyl halides is 5. The van der Waals surface area contributed by atoms with Crippen LogP contribution < -0.4 is 5.73 Å². The minimum absolute atomic E-state index is 0.0310. The number of nitrogens with zero attached hydrogens (tertiary/aromatic N) is 1. The third-order valence-electron chi connectivity index (χ3n) is 5.59. The van der Waals surface area contributed by atoms with Crippen LogP contribution >= 0.6 is 0 Å². The molecule has 25 heavy (non-hydrogen) atoms. The number of aliphatic carboxylic acids is 1. The van der Waals surface area contributed by atoms with E-state index in [-0.39, 0.29) is 17.4 Å². The van der Waals surface area contributed by atoms with Gasteiger partial charge in [-0.15, -0.1) is 0 Å². The van der Waals surface area contributed by atoms with Gasteiger partial charge in [0.25, 0.3) is 5.92 Å². The van der Waals surface area contributed by atoms with Crippen LogP contribution in [0.5, 0.6) is 0 Å². The summed E-state index contributed by atoms with van der Waals surface area (Å²) in [6, 6.07) is -0.0310. The van der Waals surface area contributed by atoms with E-state index in [1.807, 2.05) is 0 Å². The van der Waals surface area contributed by atoms with Gasteiger partial charge in [0.1, 0.15) is 5.41 Å². The highest BCUT2D eigenvalue weighted by molar-refractivity contribution is 5.87. The maximum atomic E-state index is 13.6. The highest BCUT2D eigenvalue weighted by atomic mass is 19.4. The van der Waals surface area contributed by atoms with Crippen molar-refractivity contribution in [1.82, 2.24) is 4.90 Å². The van der Waals surface area contributed by atoms with Crippen LogP contribution in [0.1, 0.15) is 39.0 Å². The molecule has 1 unspecified atom stereocenters. The van der Waals surface area contributed by atoms with Crippen molar-refractivity contribution in [2.75, 3.05) is 13.1 Å². The van der Waals surface area contributed by atoms with E-state index in [0.29, 0.717) is 25.9 Å². The number of rotatable bonds is 2. The molecule has 1 aliphatic heterocycles. The Morgan fingerprint density at radius 1 is 1.12 bits per heavy atom. The zero-order chi connectivity index (χ0) is 19.3. The highest BCUT2D eigenvalue weighted by Gasteiger charge is 2.66. The lowest BCUT2D eigenvalue weighted by Gasteiger charge is -2.41. The summed E-state index contributed by atoms with van der Waals surface area (Å²) in [6.07, 6.45) is -1.24. The molecular weight excluding hydrogens is 351 g/mol. The van der Waals surface area contributed by atoms with Crippen molar-refractivity contribution in [2.24, 2.45) is 16.6 Å². The molecule has 3 N–H and O–H groups in total. The first-order valence-corrected chi connectivity index (χ1v) is 7.98. The van der Waals surface area contributed by atoms with Crippen molar-refractivity contribution in [3.05, 3.63) is 0 Å². The topological polar surface area (TPSA) is 83.6 Å². The Hall–Kier alpha value is -1.45. The van der Waals surface area contributed by atoms with Gasteiger partial charge in [-0.25, -0.2) is 13.6 Å². The summed E-state index contributed by atoms with van der Waals surface area (Å²) in [5.74, 6) is -6.04. The van der Waals surface area contributed by atoms with Gasteiger partial charge in [-0.05, 0) is 25.7 Å². The first-order chi connectivity index (χ1) is 11.3. The number of carboxylic acid groups (broad SMARTS) is 1. The Morgan fingerprint density at radius 3 is 1.84 bits per heavy atom. The summed E-state index contributed by atoms with van der Waals surface area (Å²) in [5, 5.41) is 7.12. The maximum Gasteiger partial charge on any atom is 0.490 e. The number of hydrogen-bond acceptors (Lipinski definition) is 3. The standard InChI is InChI=1S/C13H20F2N2O.C2HF3O2/c1-11(14,15)13(5-6-13)10(18)17-7-9(16)12(8-17)3-2-4-12;3-2(4,5)1(6)7/h9H,2-8,16H2,1H3;(H,6,7). The van der Waals surface area contributed by atoms with Gasteiger partial charge in [0.05, 0.1) is 0 Å². The van der Waals surface area contributed by atoms with Crippen LogP contribution in [0.2, 0.25) is 0 Å². The molecule has 3 fully saturated rings. The Labute approximate surface area is 141 Å². The number of halogens is 5. The molecular formula is C15H21F5N2O3. The second-order valence-corrected chi connectivity index (χ2v) is 7.28. The van der Waals surface area contributed by atoms with Crippen LogP contribution in [0, 0.1) is 10.8 Å². The number of hydrogen-bond donors (Lipinski definition) is 2. The predicted molar refractivity (Wildman–Crippen MR) is 76.8 cm³/mol. The molecule has 1 atom stereocenters. The lowest BCUT2D eigenvalue weighted by Crippen LogP contribution is -2.46. The monoisotopic (exact) mass is 372 g/mol. The molecule has 5 nitrogen and oxygen atoms in total. The van der Waals surface area contributed by atoms with Gasteiger partial charge in [0.15, 0.2) is 0 Å².